The van der Waals surface area contributed by atoms with Crippen molar-refractivity contribution >= 4 is 72.5 Å². The van der Waals surface area contributed by atoms with Crippen LogP contribution in [-0.2, 0) is 4.74 Å². The molecular formula is C30H13NO5. The number of nitrogens with zero attached hydrogens (tertiary/aromatic N) is 1. The molecule has 0 aromatic heterocycles. The van der Waals surface area contributed by atoms with E-state index in [1.807, 2.05) is 30.3 Å². The fraction of sp³-hybridized carbons (Fsp3) is 0. The highest BCUT2D eigenvalue weighted by atomic mass is 16.6. The molecule has 36 heavy (non-hydrogen) atoms. The molecule has 2 aliphatic rings. The quantitative estimate of drug-likeness (QED) is 0.0997. The first-order valence-corrected chi connectivity index (χ1v) is 11.4. The Hall–Kier alpha value is -5.10. The van der Waals surface area contributed by atoms with E-state index in [2.05, 4.69) is 0 Å². The highest BCUT2D eigenvalue weighted by molar-refractivity contribution is 6.43. The third-order valence-electron chi connectivity index (χ3n) is 7.41. The minimum atomic E-state index is -0.663. The van der Waals surface area contributed by atoms with Crippen LogP contribution in [0, 0.1) is 0 Å². The first-order chi connectivity index (χ1) is 17.5. The van der Waals surface area contributed by atoms with Crippen molar-refractivity contribution < 1.29 is 23.9 Å². The highest BCUT2D eigenvalue weighted by Crippen LogP contribution is 2.46. The molecule has 0 radical (unpaired) electrons. The number of benzene rings is 6. The number of fused-ring (bicyclic) bond motifs is 2. The van der Waals surface area contributed by atoms with Crippen molar-refractivity contribution in [1.29, 1.82) is 0 Å². The van der Waals surface area contributed by atoms with Gasteiger partial charge in [0.25, 0.3) is 11.8 Å². The Morgan fingerprint density at radius 2 is 0.861 bits per heavy atom. The van der Waals surface area contributed by atoms with Crippen LogP contribution in [-0.4, -0.2) is 23.8 Å². The Bertz CT molecular complexity index is 1920. The van der Waals surface area contributed by atoms with Gasteiger partial charge in [0.15, 0.2) is 0 Å². The Kier molecular flexibility index (Phi) is 3.37. The summed E-state index contributed by atoms with van der Waals surface area (Å²) in [7, 11) is 0. The lowest BCUT2D eigenvalue weighted by molar-refractivity contribution is 0.0390. The van der Waals surface area contributed by atoms with Gasteiger partial charge in [-0.3, -0.25) is 9.59 Å². The van der Waals surface area contributed by atoms with Gasteiger partial charge in [-0.05, 0) is 68.7 Å². The summed E-state index contributed by atoms with van der Waals surface area (Å²) in [4.78, 5) is 53.4. The standard InChI is InChI=1S/C30H13NO5/c32-27-19-10-6-15-17-8-12-21-26-22(30(35)36-29(21)34)13-9-18(24(17)26)16-7-11-20(25(19)23(15)16)28(33)31(27)14-4-2-1-3-5-14/h1-13H. The molecule has 6 aromatic carbocycles. The molecule has 0 saturated carbocycles. The van der Waals surface area contributed by atoms with E-state index in [-0.39, 0.29) is 11.8 Å². The molecule has 0 atom stereocenters. The summed E-state index contributed by atoms with van der Waals surface area (Å²) in [6.45, 7) is 0. The number of cyclic esters (lactones) is 2. The van der Waals surface area contributed by atoms with Crippen LogP contribution in [0.5, 0.6) is 0 Å². The van der Waals surface area contributed by atoms with E-state index in [0.717, 1.165) is 32.3 Å². The summed E-state index contributed by atoms with van der Waals surface area (Å²) >= 11 is 0. The fourth-order valence-corrected chi connectivity index (χ4v) is 5.92. The van der Waals surface area contributed by atoms with Crippen molar-refractivity contribution in [3.8, 4) is 0 Å². The Balaban J connectivity index is 1.53. The number of anilines is 1. The maximum Gasteiger partial charge on any atom is 0.346 e. The van der Waals surface area contributed by atoms with Gasteiger partial charge in [-0.15, -0.1) is 0 Å². The number of carbonyl (C=O) groups excluding carboxylic acids is 4. The van der Waals surface area contributed by atoms with E-state index >= 15 is 0 Å². The molecule has 0 fully saturated rings. The lowest BCUT2D eigenvalue weighted by Gasteiger charge is -2.28. The molecule has 0 spiro atoms. The topological polar surface area (TPSA) is 80.8 Å². The van der Waals surface area contributed by atoms with Crippen molar-refractivity contribution in [1.82, 2.24) is 0 Å². The third-order valence-corrected chi connectivity index (χ3v) is 7.41. The molecule has 2 heterocycles. The van der Waals surface area contributed by atoms with E-state index in [9.17, 15) is 19.2 Å². The van der Waals surface area contributed by atoms with Gasteiger partial charge < -0.3 is 4.74 Å². The van der Waals surface area contributed by atoms with E-state index in [4.69, 9.17) is 4.74 Å². The molecule has 6 nitrogen and oxygen atoms in total. The van der Waals surface area contributed by atoms with Crippen molar-refractivity contribution in [2.24, 2.45) is 0 Å². The molecule has 0 unspecified atom stereocenters. The maximum absolute atomic E-state index is 13.6. The van der Waals surface area contributed by atoms with E-state index < -0.39 is 11.9 Å². The number of rotatable bonds is 1. The number of hydrogen-bond donors (Lipinski definition) is 0. The number of hydrogen-bond acceptors (Lipinski definition) is 5. The lowest BCUT2D eigenvalue weighted by Crippen LogP contribution is -2.40. The normalized spacial score (nSPS) is 15.1. The number of esters is 2. The third kappa shape index (κ3) is 2.12. The molecule has 2 amide bonds. The number of para-hydroxylation sites is 1. The van der Waals surface area contributed by atoms with Crippen LogP contribution < -0.4 is 4.90 Å². The second-order valence-corrected chi connectivity index (χ2v) is 9.10. The number of ether oxygens (including phenoxy) is 1. The predicted octanol–water partition coefficient (Wildman–Crippen LogP) is 5.85. The number of imide groups is 1. The summed E-state index contributed by atoms with van der Waals surface area (Å²) in [5.41, 5.74) is 2.14. The minimum Gasteiger partial charge on any atom is -0.386 e. The number of amides is 2. The molecular weight excluding hydrogens is 454 g/mol. The average molecular weight is 467 g/mol. The van der Waals surface area contributed by atoms with Crippen LogP contribution in [0.15, 0.2) is 78.9 Å². The van der Waals surface area contributed by atoms with E-state index in [0.29, 0.717) is 38.7 Å². The molecule has 168 valence electrons. The predicted molar refractivity (Wildman–Crippen MR) is 135 cm³/mol. The Labute approximate surface area is 202 Å². The van der Waals surface area contributed by atoms with Gasteiger partial charge in [-0.2, -0.15) is 0 Å². The molecule has 0 N–H and O–H groups in total. The summed E-state index contributed by atoms with van der Waals surface area (Å²) in [5.74, 6) is -2.06. The smallest absolute Gasteiger partial charge is 0.346 e. The zero-order valence-electron chi connectivity index (χ0n) is 18.5. The van der Waals surface area contributed by atoms with Gasteiger partial charge in [0.05, 0.1) is 16.8 Å². The summed E-state index contributed by atoms with van der Waals surface area (Å²) in [6, 6.07) is 23.2. The average Bonchev–Trinajstić information content (AvgIpc) is 2.90. The molecule has 6 aromatic rings. The van der Waals surface area contributed by atoms with Crippen LogP contribution in [0.3, 0.4) is 0 Å². The molecule has 0 bridgehead atoms. The Morgan fingerprint density at radius 3 is 1.33 bits per heavy atom. The minimum absolute atomic E-state index is 0.350. The second-order valence-electron chi connectivity index (χ2n) is 9.10. The van der Waals surface area contributed by atoms with Crippen LogP contribution in [0.4, 0.5) is 5.69 Å². The highest BCUT2D eigenvalue weighted by Gasteiger charge is 2.36. The van der Waals surface area contributed by atoms with E-state index in [1.54, 1.807) is 48.5 Å². The first kappa shape index (κ1) is 19.2. The van der Waals surface area contributed by atoms with Gasteiger partial charge in [0, 0.05) is 21.9 Å². The summed E-state index contributed by atoms with van der Waals surface area (Å²) in [6.07, 6.45) is 0. The van der Waals surface area contributed by atoms with Crippen LogP contribution in [0.2, 0.25) is 0 Å². The largest absolute Gasteiger partial charge is 0.386 e. The van der Waals surface area contributed by atoms with Gasteiger partial charge in [0.2, 0.25) is 0 Å². The van der Waals surface area contributed by atoms with Gasteiger partial charge in [-0.25, -0.2) is 14.5 Å². The van der Waals surface area contributed by atoms with Gasteiger partial charge in [-0.1, -0.05) is 42.5 Å². The zero-order chi connectivity index (χ0) is 24.3. The Morgan fingerprint density at radius 1 is 0.444 bits per heavy atom. The van der Waals surface area contributed by atoms with E-state index in [1.165, 1.54) is 4.90 Å². The van der Waals surface area contributed by atoms with Crippen LogP contribution in [0.1, 0.15) is 41.4 Å². The second kappa shape index (κ2) is 6.31. The zero-order valence-corrected chi connectivity index (χ0v) is 18.5. The van der Waals surface area contributed by atoms with Crippen LogP contribution in [0.25, 0.3) is 43.1 Å². The van der Waals surface area contributed by atoms with Gasteiger partial charge >= 0.3 is 11.9 Å². The lowest BCUT2D eigenvalue weighted by atomic mass is 9.83. The van der Waals surface area contributed by atoms with Crippen LogP contribution >= 0.6 is 0 Å². The molecule has 2 aliphatic heterocycles. The number of carbonyl (C=O) groups is 4. The van der Waals surface area contributed by atoms with Crippen molar-refractivity contribution in [3.05, 3.63) is 101 Å². The van der Waals surface area contributed by atoms with Crippen molar-refractivity contribution in [2.75, 3.05) is 4.90 Å². The summed E-state index contributed by atoms with van der Waals surface area (Å²) in [5, 5.41) is 6.20. The van der Waals surface area contributed by atoms with Gasteiger partial charge in [0.1, 0.15) is 0 Å². The fourth-order valence-electron chi connectivity index (χ4n) is 5.92. The summed E-state index contributed by atoms with van der Waals surface area (Å²) < 4.78 is 4.93. The molecule has 0 aliphatic carbocycles. The van der Waals surface area contributed by atoms with Crippen molar-refractivity contribution in [3.63, 3.8) is 0 Å². The maximum atomic E-state index is 13.6. The monoisotopic (exact) mass is 467 g/mol. The molecule has 8 rings (SSSR count). The molecule has 0 saturated heterocycles. The van der Waals surface area contributed by atoms with Crippen molar-refractivity contribution in [2.45, 2.75) is 0 Å². The SMILES string of the molecule is O=C1OC(=O)c2ccc3c4ccc5c6c(ccc(c7ccc1c2c73)c64)C(=O)N(c1ccccc1)C5=O. The molecule has 6 heteroatoms. The first-order valence-electron chi connectivity index (χ1n) is 11.4.